The molecule has 0 radical (unpaired) electrons. The molecule has 132 valence electrons. The highest BCUT2D eigenvalue weighted by atomic mass is 32.2. The number of methoxy groups -OCH3 is 1. The van der Waals surface area contributed by atoms with Crippen molar-refractivity contribution >= 4 is 28.7 Å². The van der Waals surface area contributed by atoms with Gasteiger partial charge in [0, 0.05) is 23.7 Å². The maximum Gasteiger partial charge on any atom is 0.223 e. The van der Waals surface area contributed by atoms with Crippen molar-refractivity contribution in [2.24, 2.45) is 0 Å². The van der Waals surface area contributed by atoms with Gasteiger partial charge in [0.15, 0.2) is 5.65 Å². The van der Waals surface area contributed by atoms with E-state index in [9.17, 15) is 5.26 Å². The van der Waals surface area contributed by atoms with Crippen molar-refractivity contribution in [3.05, 3.63) is 28.7 Å². The SMILES string of the molecule is COc1c(C)cnc(Cn2nc3c4c(nc(N)nc42)SC(C#N)C3)c1C. The van der Waals surface area contributed by atoms with E-state index in [2.05, 4.69) is 26.1 Å². The zero-order chi connectivity index (χ0) is 18.4. The van der Waals surface area contributed by atoms with Crippen LogP contribution in [0.15, 0.2) is 11.2 Å². The molecule has 0 aliphatic carbocycles. The van der Waals surface area contributed by atoms with Crippen LogP contribution in [0.4, 0.5) is 5.95 Å². The molecule has 8 nitrogen and oxygen atoms in total. The number of nitrogens with two attached hydrogens (primary N) is 1. The van der Waals surface area contributed by atoms with Gasteiger partial charge in [-0.15, -0.1) is 0 Å². The Labute approximate surface area is 154 Å². The highest BCUT2D eigenvalue weighted by Gasteiger charge is 2.28. The van der Waals surface area contributed by atoms with Gasteiger partial charge >= 0.3 is 0 Å². The first-order chi connectivity index (χ1) is 12.5. The van der Waals surface area contributed by atoms with Gasteiger partial charge in [-0.1, -0.05) is 11.8 Å². The van der Waals surface area contributed by atoms with Gasteiger partial charge < -0.3 is 10.5 Å². The molecular formula is C17H17N7OS. The molecule has 4 rings (SSSR count). The molecule has 4 heterocycles. The summed E-state index contributed by atoms with van der Waals surface area (Å²) in [5, 5.41) is 15.4. The molecule has 9 heteroatoms. The number of hydrogen-bond acceptors (Lipinski definition) is 8. The number of nitrogens with zero attached hydrogens (tertiary/aromatic N) is 6. The maximum absolute atomic E-state index is 9.30. The highest BCUT2D eigenvalue weighted by Crippen LogP contribution is 2.38. The second-order valence-electron chi connectivity index (χ2n) is 6.18. The van der Waals surface area contributed by atoms with E-state index in [0.717, 1.165) is 38.7 Å². The fraction of sp³-hybridized carbons (Fsp3) is 0.353. The van der Waals surface area contributed by atoms with E-state index in [1.165, 1.54) is 11.8 Å². The van der Waals surface area contributed by atoms with Crippen LogP contribution < -0.4 is 10.5 Å². The Morgan fingerprint density at radius 2 is 2.23 bits per heavy atom. The lowest BCUT2D eigenvalue weighted by Gasteiger charge is -2.13. The summed E-state index contributed by atoms with van der Waals surface area (Å²) in [5.41, 5.74) is 10.2. The van der Waals surface area contributed by atoms with E-state index < -0.39 is 0 Å². The van der Waals surface area contributed by atoms with Crippen LogP contribution >= 0.6 is 11.8 Å². The number of hydrogen-bond donors (Lipinski definition) is 1. The normalized spacial score (nSPS) is 15.8. The highest BCUT2D eigenvalue weighted by molar-refractivity contribution is 8.00. The van der Waals surface area contributed by atoms with Crippen LogP contribution in [0.5, 0.6) is 5.75 Å². The van der Waals surface area contributed by atoms with Crippen molar-refractivity contribution in [2.45, 2.75) is 37.1 Å². The average molecular weight is 367 g/mol. The van der Waals surface area contributed by atoms with Gasteiger partial charge in [-0.3, -0.25) is 4.98 Å². The van der Waals surface area contributed by atoms with Crippen LogP contribution in [0.1, 0.15) is 22.5 Å². The van der Waals surface area contributed by atoms with Crippen LogP contribution in [0, 0.1) is 25.2 Å². The number of rotatable bonds is 3. The minimum Gasteiger partial charge on any atom is -0.496 e. The fourth-order valence-corrected chi connectivity index (χ4v) is 4.30. The third kappa shape index (κ3) is 2.54. The smallest absolute Gasteiger partial charge is 0.223 e. The van der Waals surface area contributed by atoms with E-state index in [-0.39, 0.29) is 11.2 Å². The van der Waals surface area contributed by atoms with Crippen molar-refractivity contribution in [3.63, 3.8) is 0 Å². The lowest BCUT2D eigenvalue weighted by Crippen LogP contribution is -2.11. The Bertz CT molecular complexity index is 1070. The fourth-order valence-electron chi connectivity index (χ4n) is 3.26. The second-order valence-corrected chi connectivity index (χ2v) is 7.37. The summed E-state index contributed by atoms with van der Waals surface area (Å²) >= 11 is 1.41. The molecular weight excluding hydrogens is 350 g/mol. The van der Waals surface area contributed by atoms with Crippen molar-refractivity contribution in [1.82, 2.24) is 24.7 Å². The molecule has 1 atom stereocenters. The molecule has 0 saturated heterocycles. The largest absolute Gasteiger partial charge is 0.496 e. The molecule has 0 saturated carbocycles. The van der Waals surface area contributed by atoms with E-state index in [1.54, 1.807) is 18.0 Å². The Balaban J connectivity index is 1.84. The van der Waals surface area contributed by atoms with Gasteiger partial charge in [0.25, 0.3) is 0 Å². The number of pyridine rings is 1. The van der Waals surface area contributed by atoms with Gasteiger partial charge in [0.05, 0.1) is 36.5 Å². The number of anilines is 1. The molecule has 26 heavy (non-hydrogen) atoms. The maximum atomic E-state index is 9.30. The van der Waals surface area contributed by atoms with Gasteiger partial charge in [0.1, 0.15) is 16.0 Å². The van der Waals surface area contributed by atoms with E-state index >= 15 is 0 Å². The van der Waals surface area contributed by atoms with Crippen LogP contribution in [0.3, 0.4) is 0 Å². The molecule has 0 amide bonds. The van der Waals surface area contributed by atoms with Gasteiger partial charge in [-0.05, 0) is 13.8 Å². The number of nitrogen functional groups attached to an aromatic ring is 1. The van der Waals surface area contributed by atoms with Gasteiger partial charge in [-0.25, -0.2) is 9.67 Å². The monoisotopic (exact) mass is 367 g/mol. The molecule has 2 N–H and O–H groups in total. The number of thioether (sulfide) groups is 1. The minimum atomic E-state index is -0.220. The molecule has 0 aromatic carbocycles. The summed E-state index contributed by atoms with van der Waals surface area (Å²) in [6.45, 7) is 4.39. The number of nitriles is 1. The van der Waals surface area contributed by atoms with E-state index in [0.29, 0.717) is 18.6 Å². The first-order valence-corrected chi connectivity index (χ1v) is 8.98. The Morgan fingerprint density at radius 3 is 2.96 bits per heavy atom. The molecule has 3 aromatic heterocycles. The van der Waals surface area contributed by atoms with Crippen molar-refractivity contribution in [3.8, 4) is 11.8 Å². The molecule has 0 spiro atoms. The zero-order valence-electron chi connectivity index (χ0n) is 14.6. The number of ether oxygens (including phenoxy) is 1. The Kier molecular flexibility index (Phi) is 3.92. The topological polar surface area (TPSA) is 116 Å². The zero-order valence-corrected chi connectivity index (χ0v) is 15.5. The van der Waals surface area contributed by atoms with Crippen LogP contribution in [-0.4, -0.2) is 37.1 Å². The summed E-state index contributed by atoms with van der Waals surface area (Å²) < 4.78 is 7.28. The van der Waals surface area contributed by atoms with E-state index in [4.69, 9.17) is 10.5 Å². The van der Waals surface area contributed by atoms with Crippen molar-refractivity contribution < 1.29 is 4.74 Å². The van der Waals surface area contributed by atoms with E-state index in [1.807, 2.05) is 13.8 Å². The first kappa shape index (κ1) is 16.6. The second kappa shape index (κ2) is 6.14. The average Bonchev–Trinajstić information content (AvgIpc) is 2.95. The Hall–Kier alpha value is -2.86. The summed E-state index contributed by atoms with van der Waals surface area (Å²) in [7, 11) is 1.66. The van der Waals surface area contributed by atoms with Crippen LogP contribution in [0.2, 0.25) is 0 Å². The lowest BCUT2D eigenvalue weighted by molar-refractivity contribution is 0.406. The molecule has 0 fully saturated rings. The molecule has 0 bridgehead atoms. The third-order valence-electron chi connectivity index (χ3n) is 4.47. The lowest BCUT2D eigenvalue weighted by atomic mass is 10.1. The predicted molar refractivity (Wildman–Crippen MR) is 98.1 cm³/mol. The summed E-state index contributed by atoms with van der Waals surface area (Å²) in [6, 6.07) is 2.28. The minimum absolute atomic E-state index is 0.178. The van der Waals surface area contributed by atoms with Crippen LogP contribution in [0.25, 0.3) is 11.0 Å². The van der Waals surface area contributed by atoms with Crippen molar-refractivity contribution in [2.75, 3.05) is 12.8 Å². The van der Waals surface area contributed by atoms with Crippen LogP contribution in [-0.2, 0) is 13.0 Å². The summed E-state index contributed by atoms with van der Waals surface area (Å²) in [5.74, 6) is 1.00. The quantitative estimate of drug-likeness (QED) is 0.699. The van der Waals surface area contributed by atoms with Gasteiger partial charge in [-0.2, -0.15) is 15.3 Å². The first-order valence-electron chi connectivity index (χ1n) is 8.10. The number of aryl methyl sites for hydroxylation is 1. The molecule has 1 aliphatic heterocycles. The Morgan fingerprint density at radius 1 is 1.42 bits per heavy atom. The van der Waals surface area contributed by atoms with Gasteiger partial charge in [0.2, 0.25) is 5.95 Å². The summed E-state index contributed by atoms with van der Waals surface area (Å²) in [4.78, 5) is 13.2. The molecule has 1 unspecified atom stereocenters. The molecule has 3 aromatic rings. The summed E-state index contributed by atoms with van der Waals surface area (Å²) in [6.07, 6.45) is 2.36. The molecule has 1 aliphatic rings. The predicted octanol–water partition coefficient (Wildman–Crippen LogP) is 2.02. The standard InChI is InChI=1S/C17H17N7OS/c1-8-6-20-12(9(2)14(8)25-3)7-24-15-13-11(23-24)4-10(5-18)26-16(13)22-17(19)21-15/h6,10H,4,7H2,1-3H3,(H2,19,21,22). The number of aromatic nitrogens is 5. The third-order valence-corrected chi connectivity index (χ3v) is 5.55. The van der Waals surface area contributed by atoms with Crippen molar-refractivity contribution in [1.29, 1.82) is 5.26 Å².